The summed E-state index contributed by atoms with van der Waals surface area (Å²) in [6, 6.07) is 4.62. The number of carboxylic acids is 1. The Balaban J connectivity index is 2.51. The molecule has 2 aromatic rings. The number of aryl methyl sites for hydroxylation is 1. The number of rotatable bonds is 3. The van der Waals surface area contributed by atoms with Crippen molar-refractivity contribution >= 4 is 22.8 Å². The third kappa shape index (κ3) is 2.41. The molecular formula is C11H11N3O3. The van der Waals surface area contributed by atoms with Crippen LogP contribution in [-0.2, 0) is 11.2 Å². The van der Waals surface area contributed by atoms with Crippen molar-refractivity contribution in [2.24, 2.45) is 0 Å². The second kappa shape index (κ2) is 4.25. The van der Waals surface area contributed by atoms with Gasteiger partial charge in [0.15, 0.2) is 0 Å². The van der Waals surface area contributed by atoms with E-state index in [1.807, 2.05) is 0 Å². The lowest BCUT2D eigenvalue weighted by Crippen LogP contribution is -2.04. The Hall–Kier alpha value is -2.37. The minimum Gasteiger partial charge on any atom is -0.508 e. The Labute approximate surface area is 96.7 Å². The highest BCUT2D eigenvalue weighted by Gasteiger charge is 2.08. The van der Waals surface area contributed by atoms with Crippen molar-refractivity contribution in [2.75, 3.05) is 5.73 Å². The van der Waals surface area contributed by atoms with Crippen molar-refractivity contribution in [1.29, 1.82) is 0 Å². The third-order valence-corrected chi connectivity index (χ3v) is 2.35. The summed E-state index contributed by atoms with van der Waals surface area (Å²) in [5.74, 6) is -0.721. The number of phenols is 1. The number of aromatic hydroxyl groups is 1. The molecule has 0 fully saturated rings. The van der Waals surface area contributed by atoms with Gasteiger partial charge in [0.25, 0.3) is 0 Å². The van der Waals surface area contributed by atoms with Crippen LogP contribution in [0.15, 0.2) is 18.2 Å². The Kier molecular flexibility index (Phi) is 2.78. The zero-order chi connectivity index (χ0) is 12.4. The van der Waals surface area contributed by atoms with Crippen LogP contribution in [0.5, 0.6) is 5.75 Å². The average Bonchev–Trinajstić information content (AvgIpc) is 2.26. The Morgan fingerprint density at radius 1 is 1.35 bits per heavy atom. The van der Waals surface area contributed by atoms with Crippen molar-refractivity contribution in [1.82, 2.24) is 9.97 Å². The van der Waals surface area contributed by atoms with Gasteiger partial charge in [0.05, 0.1) is 17.6 Å². The fraction of sp³-hybridized carbons (Fsp3) is 0.182. The molecule has 0 saturated heterocycles. The molecule has 0 aliphatic rings. The molecule has 88 valence electrons. The maximum absolute atomic E-state index is 10.5. The lowest BCUT2D eigenvalue weighted by molar-refractivity contribution is -0.136. The highest BCUT2D eigenvalue weighted by Crippen LogP contribution is 2.22. The second-order valence-electron chi connectivity index (χ2n) is 3.62. The number of phenolic OH excluding ortho intramolecular Hbond substituents is 1. The summed E-state index contributed by atoms with van der Waals surface area (Å²) in [6.07, 6.45) is 0.212. The van der Waals surface area contributed by atoms with Gasteiger partial charge in [-0.05, 0) is 18.2 Å². The van der Waals surface area contributed by atoms with Crippen LogP contribution in [-0.4, -0.2) is 26.2 Å². The van der Waals surface area contributed by atoms with E-state index in [0.29, 0.717) is 16.6 Å². The fourth-order valence-electron chi connectivity index (χ4n) is 1.62. The molecule has 1 aromatic carbocycles. The molecule has 0 saturated carbocycles. The van der Waals surface area contributed by atoms with Crippen LogP contribution in [0, 0.1) is 0 Å². The largest absolute Gasteiger partial charge is 0.508 e. The predicted molar refractivity (Wildman–Crippen MR) is 61.6 cm³/mol. The Morgan fingerprint density at radius 3 is 2.82 bits per heavy atom. The van der Waals surface area contributed by atoms with Gasteiger partial charge in [-0.3, -0.25) is 4.79 Å². The van der Waals surface area contributed by atoms with E-state index in [9.17, 15) is 9.90 Å². The molecule has 2 rings (SSSR count). The van der Waals surface area contributed by atoms with Crippen molar-refractivity contribution in [3.8, 4) is 5.75 Å². The maximum Gasteiger partial charge on any atom is 0.303 e. The summed E-state index contributed by atoms with van der Waals surface area (Å²) in [5, 5.41) is 18.7. The summed E-state index contributed by atoms with van der Waals surface area (Å²) in [6.45, 7) is 0. The first-order chi connectivity index (χ1) is 8.06. The molecule has 17 heavy (non-hydrogen) atoms. The molecule has 1 heterocycles. The number of nitrogen functional groups attached to an aromatic ring is 1. The van der Waals surface area contributed by atoms with Gasteiger partial charge in [0.2, 0.25) is 5.95 Å². The first kappa shape index (κ1) is 11.1. The van der Waals surface area contributed by atoms with Gasteiger partial charge >= 0.3 is 5.97 Å². The van der Waals surface area contributed by atoms with E-state index in [-0.39, 0.29) is 24.5 Å². The molecule has 6 nitrogen and oxygen atoms in total. The molecule has 0 amide bonds. The van der Waals surface area contributed by atoms with Gasteiger partial charge in [-0.1, -0.05) is 0 Å². The summed E-state index contributed by atoms with van der Waals surface area (Å²) in [7, 11) is 0. The van der Waals surface area contributed by atoms with Crippen LogP contribution in [0.4, 0.5) is 5.95 Å². The van der Waals surface area contributed by atoms with E-state index in [2.05, 4.69) is 9.97 Å². The van der Waals surface area contributed by atoms with Crippen LogP contribution >= 0.6 is 0 Å². The van der Waals surface area contributed by atoms with Gasteiger partial charge in [-0.25, -0.2) is 9.97 Å². The van der Waals surface area contributed by atoms with Crippen LogP contribution in [0.2, 0.25) is 0 Å². The lowest BCUT2D eigenvalue weighted by atomic mass is 10.1. The van der Waals surface area contributed by atoms with E-state index in [1.165, 1.54) is 12.1 Å². The number of carbonyl (C=O) groups is 1. The van der Waals surface area contributed by atoms with Crippen LogP contribution in [0.25, 0.3) is 10.9 Å². The second-order valence-corrected chi connectivity index (χ2v) is 3.62. The third-order valence-electron chi connectivity index (χ3n) is 2.35. The molecule has 0 radical (unpaired) electrons. The molecule has 4 N–H and O–H groups in total. The molecule has 0 spiro atoms. The van der Waals surface area contributed by atoms with Crippen LogP contribution in [0.3, 0.4) is 0 Å². The van der Waals surface area contributed by atoms with E-state index in [0.717, 1.165) is 0 Å². The molecule has 0 bridgehead atoms. The normalized spacial score (nSPS) is 10.6. The number of hydrogen-bond donors (Lipinski definition) is 3. The van der Waals surface area contributed by atoms with Crippen LogP contribution < -0.4 is 5.73 Å². The zero-order valence-corrected chi connectivity index (χ0v) is 8.92. The minimum absolute atomic E-state index is 0.0405. The average molecular weight is 233 g/mol. The number of aromatic nitrogens is 2. The van der Waals surface area contributed by atoms with E-state index >= 15 is 0 Å². The monoisotopic (exact) mass is 233 g/mol. The van der Waals surface area contributed by atoms with Crippen molar-refractivity contribution in [3.05, 3.63) is 23.9 Å². The predicted octanol–water partition coefficient (Wildman–Crippen LogP) is 0.935. The highest BCUT2D eigenvalue weighted by atomic mass is 16.4. The number of nitrogens with two attached hydrogens (primary N) is 1. The van der Waals surface area contributed by atoms with Gasteiger partial charge in [0, 0.05) is 11.8 Å². The Bertz CT molecular complexity index is 583. The quantitative estimate of drug-likeness (QED) is 0.727. The van der Waals surface area contributed by atoms with E-state index in [1.54, 1.807) is 6.07 Å². The number of nitrogens with zero attached hydrogens (tertiary/aromatic N) is 2. The molecular weight excluding hydrogens is 222 g/mol. The minimum atomic E-state index is -0.907. The van der Waals surface area contributed by atoms with Gasteiger partial charge in [-0.15, -0.1) is 0 Å². The van der Waals surface area contributed by atoms with Crippen molar-refractivity contribution < 1.29 is 15.0 Å². The number of anilines is 1. The van der Waals surface area contributed by atoms with Crippen LogP contribution in [0.1, 0.15) is 12.1 Å². The Morgan fingerprint density at radius 2 is 2.12 bits per heavy atom. The van der Waals surface area contributed by atoms with E-state index < -0.39 is 5.97 Å². The molecule has 1 aromatic heterocycles. The number of benzene rings is 1. The van der Waals surface area contributed by atoms with Gasteiger partial charge < -0.3 is 15.9 Å². The lowest BCUT2D eigenvalue weighted by Gasteiger charge is -2.05. The smallest absolute Gasteiger partial charge is 0.303 e. The highest BCUT2D eigenvalue weighted by molar-refractivity contribution is 5.83. The van der Waals surface area contributed by atoms with Gasteiger partial charge in [-0.2, -0.15) is 0 Å². The molecule has 0 atom stereocenters. The SMILES string of the molecule is Nc1nc(CCC(=O)O)c2cc(O)ccc2n1. The topological polar surface area (TPSA) is 109 Å². The number of aliphatic carboxylic acids is 1. The van der Waals surface area contributed by atoms with Crippen molar-refractivity contribution in [3.63, 3.8) is 0 Å². The molecule has 0 aliphatic heterocycles. The standard InChI is InChI=1S/C11H11N3O3/c12-11-13-8-2-1-6(15)5-7(8)9(14-11)3-4-10(16)17/h1-2,5,15H,3-4H2,(H,16,17)(H2,12,13,14). The molecule has 0 aliphatic carbocycles. The fourth-order valence-corrected chi connectivity index (χ4v) is 1.62. The number of carboxylic acid groups (broad SMARTS) is 1. The number of fused-ring (bicyclic) bond motifs is 1. The van der Waals surface area contributed by atoms with Gasteiger partial charge in [0.1, 0.15) is 5.75 Å². The maximum atomic E-state index is 10.5. The summed E-state index contributed by atoms with van der Waals surface area (Å²) < 4.78 is 0. The van der Waals surface area contributed by atoms with Crippen molar-refractivity contribution in [2.45, 2.75) is 12.8 Å². The summed E-state index contributed by atoms with van der Waals surface area (Å²) >= 11 is 0. The summed E-state index contributed by atoms with van der Waals surface area (Å²) in [4.78, 5) is 18.6. The molecule has 6 heteroatoms. The summed E-state index contributed by atoms with van der Waals surface area (Å²) in [5.41, 5.74) is 6.66. The number of hydrogen-bond acceptors (Lipinski definition) is 5. The molecule has 0 unspecified atom stereocenters. The first-order valence-corrected chi connectivity index (χ1v) is 5.03. The van der Waals surface area contributed by atoms with E-state index in [4.69, 9.17) is 10.8 Å². The zero-order valence-electron chi connectivity index (χ0n) is 8.92. The first-order valence-electron chi connectivity index (χ1n) is 5.03.